The van der Waals surface area contributed by atoms with Gasteiger partial charge in [-0.15, -0.1) is 10.2 Å². The molecule has 9 nitrogen and oxygen atoms in total. The summed E-state index contributed by atoms with van der Waals surface area (Å²) < 4.78 is 78.1. The van der Waals surface area contributed by atoms with Crippen LogP contribution in [0.25, 0.3) is 11.4 Å². The number of hydrazine groups is 1. The summed E-state index contributed by atoms with van der Waals surface area (Å²) in [7, 11) is 0. The summed E-state index contributed by atoms with van der Waals surface area (Å²) in [6.07, 6.45) is -10.1. The van der Waals surface area contributed by atoms with Gasteiger partial charge >= 0.3 is 18.4 Å². The molecule has 1 aromatic heterocycles. The van der Waals surface area contributed by atoms with Crippen LogP contribution >= 0.6 is 0 Å². The molecule has 0 bridgehead atoms. The molecule has 15 heteroatoms. The molecule has 0 aliphatic rings. The number of carbonyl (C=O) groups excluding carboxylic acids is 2. The molecule has 2 aromatic rings. The van der Waals surface area contributed by atoms with Gasteiger partial charge in [-0.3, -0.25) is 10.2 Å². The third-order valence-electron chi connectivity index (χ3n) is 3.79. The Morgan fingerprint density at radius 3 is 1.94 bits per heavy atom. The van der Waals surface area contributed by atoms with E-state index in [1.807, 2.05) is 0 Å². The maximum absolute atomic E-state index is 13.0. The van der Waals surface area contributed by atoms with E-state index in [9.17, 15) is 35.9 Å². The van der Waals surface area contributed by atoms with E-state index in [4.69, 9.17) is 0 Å². The lowest BCUT2D eigenvalue weighted by molar-refractivity contribution is -0.143. The Morgan fingerprint density at radius 2 is 1.47 bits per heavy atom. The molecule has 0 unspecified atom stereocenters. The fourth-order valence-corrected chi connectivity index (χ4v) is 2.29. The van der Waals surface area contributed by atoms with Crippen LogP contribution in [0.15, 0.2) is 18.2 Å². The summed E-state index contributed by atoms with van der Waals surface area (Å²) in [5.41, 5.74) is -0.0850. The van der Waals surface area contributed by atoms with Crippen molar-refractivity contribution in [2.75, 3.05) is 0 Å². The number of nitrogens with one attached hydrogen (secondary N) is 3. The van der Waals surface area contributed by atoms with Crippen molar-refractivity contribution in [2.45, 2.75) is 51.6 Å². The van der Waals surface area contributed by atoms with Gasteiger partial charge in [-0.25, -0.2) is 10.2 Å². The molecule has 176 valence electrons. The van der Waals surface area contributed by atoms with E-state index in [0.29, 0.717) is 16.9 Å². The highest BCUT2D eigenvalue weighted by atomic mass is 19.4. The lowest BCUT2D eigenvalue weighted by Crippen LogP contribution is -2.53. The van der Waals surface area contributed by atoms with Crippen LogP contribution < -0.4 is 16.2 Å². The Kier molecular flexibility index (Phi) is 6.70. The second-order valence-corrected chi connectivity index (χ2v) is 7.72. The molecule has 0 radical (unpaired) electrons. The normalized spacial score (nSPS) is 13.4. The van der Waals surface area contributed by atoms with Crippen LogP contribution in [0.4, 0.5) is 31.1 Å². The minimum Gasteiger partial charge on any atom is -0.332 e. The van der Waals surface area contributed by atoms with Crippen molar-refractivity contribution in [3.8, 4) is 11.4 Å². The number of hydrogen-bond acceptors (Lipinski definition) is 5. The molecule has 1 heterocycles. The molecule has 0 fully saturated rings. The first kappa shape index (κ1) is 24.9. The molecule has 3 amide bonds. The zero-order chi connectivity index (χ0) is 24.5. The zero-order valence-corrected chi connectivity index (χ0v) is 17.2. The summed E-state index contributed by atoms with van der Waals surface area (Å²) in [6.45, 7) is 6.39. The predicted molar refractivity (Wildman–Crippen MR) is 97.5 cm³/mol. The van der Waals surface area contributed by atoms with Crippen molar-refractivity contribution in [2.24, 2.45) is 0 Å². The monoisotopic (exact) mass is 467 g/mol. The van der Waals surface area contributed by atoms with Crippen molar-refractivity contribution in [1.29, 1.82) is 0 Å². The second kappa shape index (κ2) is 8.63. The van der Waals surface area contributed by atoms with E-state index >= 15 is 0 Å². The molecular weight excluding hydrogens is 448 g/mol. The quantitative estimate of drug-likeness (QED) is 0.474. The minimum absolute atomic E-state index is 0.0295. The number of halogens is 6. The average Bonchev–Trinajstić information content (AvgIpc) is 3.12. The molecule has 2 rings (SSSR count). The lowest BCUT2D eigenvalue weighted by atomic mass is 10.0. The van der Waals surface area contributed by atoms with Crippen molar-refractivity contribution in [3.05, 3.63) is 29.3 Å². The van der Waals surface area contributed by atoms with Gasteiger partial charge in [0.15, 0.2) is 6.04 Å². The first-order chi connectivity index (χ1) is 14.5. The Bertz CT molecular complexity index is 962. The number of nitrogens with zero attached hydrogens (tertiary/aromatic N) is 4. The van der Waals surface area contributed by atoms with E-state index in [0.717, 1.165) is 0 Å². The summed E-state index contributed by atoms with van der Waals surface area (Å²) in [5.74, 6) is -1.38. The SMILES string of the molecule is C[C@H](C(=O)NNC(=O)NC(C)(C)C)n1nnc(-c2cc(C(F)(F)F)cc(C(F)(F)F)c2)n1. The van der Waals surface area contributed by atoms with Gasteiger partial charge in [0.05, 0.1) is 11.1 Å². The number of urea groups is 1. The number of alkyl halides is 6. The van der Waals surface area contributed by atoms with Crippen LogP contribution in [0.5, 0.6) is 0 Å². The van der Waals surface area contributed by atoms with E-state index in [1.165, 1.54) is 6.92 Å². The average molecular weight is 467 g/mol. The maximum Gasteiger partial charge on any atom is 0.416 e. The molecule has 0 saturated heterocycles. The molecule has 0 aliphatic heterocycles. The topological polar surface area (TPSA) is 114 Å². The van der Waals surface area contributed by atoms with Gasteiger partial charge in [0.2, 0.25) is 5.82 Å². The first-order valence-corrected chi connectivity index (χ1v) is 8.95. The number of hydrogen-bond donors (Lipinski definition) is 3. The van der Waals surface area contributed by atoms with Crippen LogP contribution in [0.3, 0.4) is 0 Å². The van der Waals surface area contributed by atoms with Crippen molar-refractivity contribution in [1.82, 2.24) is 36.4 Å². The van der Waals surface area contributed by atoms with Crippen LogP contribution in [0, 0.1) is 0 Å². The zero-order valence-electron chi connectivity index (χ0n) is 17.2. The van der Waals surface area contributed by atoms with Crippen LogP contribution in [0.1, 0.15) is 44.9 Å². The molecule has 32 heavy (non-hydrogen) atoms. The number of aromatic nitrogens is 4. The standard InChI is InChI=1S/C17H19F6N7O2/c1-8(13(31)26-27-14(32)24-15(2,3)4)30-28-12(25-29-30)9-5-10(16(18,19)20)7-11(6-9)17(21,22)23/h5-8H,1-4H3,(H,26,31)(H2,24,27,32)/t8-/m1/s1. The maximum atomic E-state index is 13.0. The third kappa shape index (κ3) is 6.55. The summed E-state index contributed by atoms with van der Waals surface area (Å²) in [6, 6.07) is -1.06. The highest BCUT2D eigenvalue weighted by Gasteiger charge is 2.37. The van der Waals surface area contributed by atoms with Crippen LogP contribution in [-0.2, 0) is 17.1 Å². The van der Waals surface area contributed by atoms with Gasteiger partial charge in [0.25, 0.3) is 5.91 Å². The number of amides is 3. The summed E-state index contributed by atoms with van der Waals surface area (Å²) >= 11 is 0. The molecular formula is C17H19F6N7O2. The largest absolute Gasteiger partial charge is 0.416 e. The molecule has 3 N–H and O–H groups in total. The van der Waals surface area contributed by atoms with Gasteiger partial charge in [-0.2, -0.15) is 31.1 Å². The minimum atomic E-state index is -5.04. The van der Waals surface area contributed by atoms with Crippen molar-refractivity contribution >= 4 is 11.9 Å². The van der Waals surface area contributed by atoms with E-state index in [1.54, 1.807) is 20.8 Å². The van der Waals surface area contributed by atoms with Crippen LogP contribution in [-0.4, -0.2) is 37.7 Å². The second-order valence-electron chi connectivity index (χ2n) is 7.72. The van der Waals surface area contributed by atoms with E-state index in [2.05, 4.69) is 31.6 Å². The van der Waals surface area contributed by atoms with Gasteiger partial charge in [0.1, 0.15) is 0 Å². The van der Waals surface area contributed by atoms with Crippen molar-refractivity contribution < 1.29 is 35.9 Å². The molecule has 0 saturated carbocycles. The number of tetrazole rings is 1. The van der Waals surface area contributed by atoms with Gasteiger partial charge < -0.3 is 5.32 Å². The Hall–Kier alpha value is -3.39. The number of benzene rings is 1. The van der Waals surface area contributed by atoms with E-state index in [-0.39, 0.29) is 6.07 Å². The number of rotatable bonds is 3. The first-order valence-electron chi connectivity index (χ1n) is 8.95. The van der Waals surface area contributed by atoms with Gasteiger partial charge in [-0.1, -0.05) is 0 Å². The van der Waals surface area contributed by atoms with E-state index < -0.39 is 58.4 Å². The number of carbonyl (C=O) groups is 2. The van der Waals surface area contributed by atoms with Gasteiger partial charge in [0, 0.05) is 11.1 Å². The molecule has 0 spiro atoms. The molecule has 1 atom stereocenters. The molecule has 1 aromatic carbocycles. The fourth-order valence-electron chi connectivity index (χ4n) is 2.29. The van der Waals surface area contributed by atoms with Crippen molar-refractivity contribution in [3.63, 3.8) is 0 Å². The fraction of sp³-hybridized carbons (Fsp3) is 0.471. The van der Waals surface area contributed by atoms with Gasteiger partial charge in [-0.05, 0) is 51.1 Å². The lowest BCUT2D eigenvalue weighted by Gasteiger charge is -2.21. The predicted octanol–water partition coefficient (Wildman–Crippen LogP) is 3.07. The van der Waals surface area contributed by atoms with Crippen LogP contribution in [0.2, 0.25) is 0 Å². The Morgan fingerprint density at radius 1 is 0.938 bits per heavy atom. The Labute approximate surface area is 177 Å². The summed E-state index contributed by atoms with van der Waals surface area (Å²) in [5, 5.41) is 13.2. The third-order valence-corrected chi connectivity index (χ3v) is 3.79. The smallest absolute Gasteiger partial charge is 0.332 e. The Balaban J connectivity index is 2.23. The molecule has 0 aliphatic carbocycles. The summed E-state index contributed by atoms with van der Waals surface area (Å²) in [4.78, 5) is 24.5. The highest BCUT2D eigenvalue weighted by Crippen LogP contribution is 2.38. The highest BCUT2D eigenvalue weighted by molar-refractivity contribution is 5.83.